The topological polar surface area (TPSA) is 47.0 Å². The Balaban J connectivity index is 2.38. The van der Waals surface area contributed by atoms with Gasteiger partial charge in [-0.1, -0.05) is 25.2 Å². The molecule has 0 saturated heterocycles. The minimum atomic E-state index is -4.27. The van der Waals surface area contributed by atoms with Gasteiger partial charge in [-0.15, -0.1) is 10.2 Å². The summed E-state index contributed by atoms with van der Waals surface area (Å²) in [5.74, 6) is 0. The van der Waals surface area contributed by atoms with Gasteiger partial charge in [0, 0.05) is 6.42 Å². The van der Waals surface area contributed by atoms with Crippen molar-refractivity contribution in [3.63, 3.8) is 0 Å². The standard InChI is InChI=1S/C12H20F3N3OS/c1-3-6-16-9(4-2)11-18-17-10(20-11)5-7-19-8-12(13,14)15/h9,16H,3-8H2,1-2H3. The molecule has 0 fully saturated rings. The Morgan fingerprint density at radius 2 is 2.05 bits per heavy atom. The van der Waals surface area contributed by atoms with Gasteiger partial charge in [0.2, 0.25) is 0 Å². The van der Waals surface area contributed by atoms with E-state index in [-0.39, 0.29) is 12.6 Å². The number of rotatable bonds is 9. The second-order valence-electron chi connectivity index (χ2n) is 4.37. The van der Waals surface area contributed by atoms with Crippen LogP contribution in [0.2, 0.25) is 0 Å². The molecule has 1 heterocycles. The van der Waals surface area contributed by atoms with Crippen LogP contribution in [0.25, 0.3) is 0 Å². The first-order valence-corrected chi connectivity index (χ1v) is 7.48. The number of halogens is 3. The number of nitrogens with one attached hydrogen (secondary N) is 1. The average Bonchev–Trinajstić information content (AvgIpc) is 2.83. The van der Waals surface area contributed by atoms with Crippen molar-refractivity contribution in [3.05, 3.63) is 10.0 Å². The second kappa shape index (κ2) is 8.53. The van der Waals surface area contributed by atoms with E-state index in [1.165, 1.54) is 11.3 Å². The van der Waals surface area contributed by atoms with Crippen LogP contribution in [0.1, 0.15) is 42.7 Å². The van der Waals surface area contributed by atoms with Crippen LogP contribution >= 0.6 is 11.3 Å². The number of nitrogens with zero attached hydrogens (tertiary/aromatic N) is 2. The summed E-state index contributed by atoms with van der Waals surface area (Å²) in [6, 6.07) is 0.164. The van der Waals surface area contributed by atoms with E-state index in [2.05, 4.69) is 34.1 Å². The summed E-state index contributed by atoms with van der Waals surface area (Å²) in [5, 5.41) is 13.0. The average molecular weight is 311 g/mol. The summed E-state index contributed by atoms with van der Waals surface area (Å²) < 4.78 is 40.3. The van der Waals surface area contributed by atoms with Gasteiger partial charge in [-0.3, -0.25) is 0 Å². The lowest BCUT2D eigenvalue weighted by Gasteiger charge is -2.12. The molecule has 0 radical (unpaired) electrons. The van der Waals surface area contributed by atoms with Gasteiger partial charge >= 0.3 is 6.18 Å². The van der Waals surface area contributed by atoms with E-state index in [9.17, 15) is 13.2 Å². The lowest BCUT2D eigenvalue weighted by Crippen LogP contribution is -2.21. The van der Waals surface area contributed by atoms with E-state index in [0.717, 1.165) is 24.4 Å². The molecule has 0 aliphatic carbocycles. The Kier molecular flexibility index (Phi) is 7.39. The molecular weight excluding hydrogens is 291 g/mol. The summed E-state index contributed by atoms with van der Waals surface area (Å²) in [5.41, 5.74) is 0. The number of ether oxygens (including phenoxy) is 1. The van der Waals surface area contributed by atoms with E-state index in [1.54, 1.807) is 0 Å². The minimum absolute atomic E-state index is 0.00727. The molecule has 116 valence electrons. The molecule has 0 aromatic carbocycles. The zero-order valence-corrected chi connectivity index (χ0v) is 12.5. The van der Waals surface area contributed by atoms with Crippen LogP contribution in [0.15, 0.2) is 0 Å². The Morgan fingerprint density at radius 1 is 1.30 bits per heavy atom. The fourth-order valence-corrected chi connectivity index (χ4v) is 2.56. The van der Waals surface area contributed by atoms with E-state index < -0.39 is 12.8 Å². The van der Waals surface area contributed by atoms with Gasteiger partial charge in [0.25, 0.3) is 0 Å². The minimum Gasteiger partial charge on any atom is -0.372 e. The highest BCUT2D eigenvalue weighted by Gasteiger charge is 2.27. The van der Waals surface area contributed by atoms with E-state index in [0.29, 0.717) is 11.4 Å². The first kappa shape index (κ1) is 17.3. The molecule has 1 unspecified atom stereocenters. The molecule has 1 aromatic rings. The molecule has 8 heteroatoms. The van der Waals surface area contributed by atoms with Crippen molar-refractivity contribution in [2.24, 2.45) is 0 Å². The molecule has 20 heavy (non-hydrogen) atoms. The maximum Gasteiger partial charge on any atom is 0.411 e. The van der Waals surface area contributed by atoms with E-state index in [1.807, 2.05) is 0 Å². The van der Waals surface area contributed by atoms with Crippen molar-refractivity contribution in [3.8, 4) is 0 Å². The van der Waals surface area contributed by atoms with Crippen LogP contribution in [-0.4, -0.2) is 36.1 Å². The number of aromatic nitrogens is 2. The molecular formula is C12H20F3N3OS. The summed E-state index contributed by atoms with van der Waals surface area (Å²) in [6.45, 7) is 3.84. The van der Waals surface area contributed by atoms with Crippen molar-refractivity contribution >= 4 is 11.3 Å². The second-order valence-corrected chi connectivity index (χ2v) is 5.46. The molecule has 1 rings (SSSR count). The Morgan fingerprint density at radius 3 is 2.65 bits per heavy atom. The predicted molar refractivity (Wildman–Crippen MR) is 71.8 cm³/mol. The van der Waals surface area contributed by atoms with Crippen LogP contribution in [0.5, 0.6) is 0 Å². The van der Waals surface area contributed by atoms with Crippen molar-refractivity contribution in [2.45, 2.75) is 45.3 Å². The predicted octanol–water partition coefficient (Wildman–Crippen LogP) is 3.11. The first-order valence-electron chi connectivity index (χ1n) is 6.66. The van der Waals surface area contributed by atoms with Crippen LogP contribution in [0, 0.1) is 0 Å². The first-order chi connectivity index (χ1) is 9.46. The smallest absolute Gasteiger partial charge is 0.372 e. The number of alkyl halides is 3. The third-order valence-corrected chi connectivity index (χ3v) is 3.65. The van der Waals surface area contributed by atoms with Crippen LogP contribution in [-0.2, 0) is 11.2 Å². The molecule has 0 aliphatic rings. The van der Waals surface area contributed by atoms with Gasteiger partial charge in [0.1, 0.15) is 16.6 Å². The Bertz CT molecular complexity index is 384. The normalized spacial score (nSPS) is 13.7. The van der Waals surface area contributed by atoms with E-state index in [4.69, 9.17) is 0 Å². The SMILES string of the molecule is CCCNC(CC)c1nnc(CCOCC(F)(F)F)s1. The van der Waals surface area contributed by atoms with Crippen molar-refractivity contribution in [2.75, 3.05) is 19.8 Å². The van der Waals surface area contributed by atoms with Gasteiger partial charge in [-0.05, 0) is 19.4 Å². The molecule has 0 aliphatic heterocycles. The van der Waals surface area contributed by atoms with E-state index >= 15 is 0 Å². The fraction of sp³-hybridized carbons (Fsp3) is 0.833. The van der Waals surface area contributed by atoms with Crippen molar-refractivity contribution in [1.29, 1.82) is 0 Å². The maximum absolute atomic E-state index is 11.9. The maximum atomic E-state index is 11.9. The molecule has 4 nitrogen and oxygen atoms in total. The fourth-order valence-electron chi connectivity index (χ4n) is 1.58. The Labute approximate surface area is 120 Å². The monoisotopic (exact) mass is 311 g/mol. The van der Waals surface area contributed by atoms with Gasteiger partial charge in [-0.2, -0.15) is 13.2 Å². The lowest BCUT2D eigenvalue weighted by molar-refractivity contribution is -0.173. The molecule has 1 N–H and O–H groups in total. The summed E-state index contributed by atoms with van der Waals surface area (Å²) in [7, 11) is 0. The van der Waals surface area contributed by atoms with Gasteiger partial charge in [0.05, 0.1) is 12.6 Å². The van der Waals surface area contributed by atoms with Crippen molar-refractivity contribution in [1.82, 2.24) is 15.5 Å². The quantitative estimate of drug-likeness (QED) is 0.712. The molecule has 1 aromatic heterocycles. The van der Waals surface area contributed by atoms with Gasteiger partial charge < -0.3 is 10.1 Å². The number of hydrogen-bond donors (Lipinski definition) is 1. The Hall–Kier alpha value is -0.730. The van der Waals surface area contributed by atoms with Crippen LogP contribution in [0.4, 0.5) is 13.2 Å². The number of hydrogen-bond acceptors (Lipinski definition) is 5. The van der Waals surface area contributed by atoms with Crippen molar-refractivity contribution < 1.29 is 17.9 Å². The van der Waals surface area contributed by atoms with Gasteiger partial charge in [-0.25, -0.2) is 0 Å². The summed E-state index contributed by atoms with van der Waals surface area (Å²) in [4.78, 5) is 0. The third-order valence-electron chi connectivity index (χ3n) is 2.56. The van der Waals surface area contributed by atoms with Crippen LogP contribution in [0.3, 0.4) is 0 Å². The molecule has 0 saturated carbocycles. The zero-order chi connectivity index (χ0) is 15.0. The summed E-state index contributed by atoms with van der Waals surface area (Å²) in [6.07, 6.45) is -1.98. The molecule has 0 spiro atoms. The molecule has 0 amide bonds. The van der Waals surface area contributed by atoms with Crippen LogP contribution < -0.4 is 5.32 Å². The summed E-state index contributed by atoms with van der Waals surface area (Å²) >= 11 is 1.43. The molecule has 0 bridgehead atoms. The molecule has 1 atom stereocenters. The van der Waals surface area contributed by atoms with Gasteiger partial charge in [0.15, 0.2) is 0 Å². The highest BCUT2D eigenvalue weighted by molar-refractivity contribution is 7.11. The highest BCUT2D eigenvalue weighted by Crippen LogP contribution is 2.21. The zero-order valence-electron chi connectivity index (χ0n) is 11.7. The largest absolute Gasteiger partial charge is 0.411 e. The highest BCUT2D eigenvalue weighted by atomic mass is 32.1. The third kappa shape index (κ3) is 6.62. The lowest BCUT2D eigenvalue weighted by atomic mass is 10.2.